The molecule has 0 atom stereocenters. The van der Waals surface area contributed by atoms with Gasteiger partial charge in [0.05, 0.1) is 12.3 Å². The highest BCUT2D eigenvalue weighted by Gasteiger charge is 2.19. The first kappa shape index (κ1) is 15.3. The van der Waals surface area contributed by atoms with Crippen LogP contribution in [-0.4, -0.2) is 34.3 Å². The molecular weight excluding hydrogens is 276 g/mol. The fraction of sp³-hybridized carbons (Fsp3) is 0.714. The molecule has 1 aliphatic carbocycles. The number of nitrogens with one attached hydrogen (secondary N) is 2. The Balaban J connectivity index is 1.87. The molecule has 1 saturated carbocycles. The summed E-state index contributed by atoms with van der Waals surface area (Å²) in [5, 5.41) is 16.5. The van der Waals surface area contributed by atoms with Crippen molar-refractivity contribution in [2.24, 2.45) is 5.92 Å². The molecule has 6 heteroatoms. The first-order valence-electron chi connectivity index (χ1n) is 7.37. The van der Waals surface area contributed by atoms with Crippen molar-refractivity contribution in [3.05, 3.63) is 11.2 Å². The summed E-state index contributed by atoms with van der Waals surface area (Å²) >= 11 is 6.12. The molecule has 1 aromatic heterocycles. The molecule has 1 heterocycles. The molecule has 0 bridgehead atoms. The van der Waals surface area contributed by atoms with Crippen molar-refractivity contribution in [2.45, 2.75) is 45.1 Å². The van der Waals surface area contributed by atoms with Gasteiger partial charge < -0.3 is 15.7 Å². The Kier molecular flexibility index (Phi) is 5.86. The third kappa shape index (κ3) is 4.49. The van der Waals surface area contributed by atoms with E-state index in [1.54, 1.807) is 6.20 Å². The minimum absolute atomic E-state index is 0.112. The first-order valence-corrected chi connectivity index (χ1v) is 7.75. The number of anilines is 2. The Hall–Kier alpha value is -1.07. The molecule has 1 aliphatic rings. The lowest BCUT2D eigenvalue weighted by Gasteiger charge is -2.25. The molecule has 3 N–H and O–H groups in total. The van der Waals surface area contributed by atoms with Crippen LogP contribution in [0, 0.1) is 5.92 Å². The highest BCUT2D eigenvalue weighted by Crippen LogP contribution is 2.26. The monoisotopic (exact) mass is 298 g/mol. The number of rotatable bonds is 6. The van der Waals surface area contributed by atoms with Crippen molar-refractivity contribution in [3.8, 4) is 0 Å². The summed E-state index contributed by atoms with van der Waals surface area (Å²) in [6.07, 6.45) is 6.44. The highest BCUT2D eigenvalue weighted by molar-refractivity contribution is 6.32. The summed E-state index contributed by atoms with van der Waals surface area (Å²) in [5.41, 5.74) is 0. The van der Waals surface area contributed by atoms with E-state index >= 15 is 0 Å². The molecule has 1 fully saturated rings. The minimum Gasteiger partial charge on any atom is -0.393 e. The van der Waals surface area contributed by atoms with Gasteiger partial charge in [0.25, 0.3) is 0 Å². The van der Waals surface area contributed by atoms with Gasteiger partial charge in [0.15, 0.2) is 0 Å². The number of hydrogen-bond donors (Lipinski definition) is 3. The molecule has 20 heavy (non-hydrogen) atoms. The van der Waals surface area contributed by atoms with Crippen LogP contribution in [-0.2, 0) is 0 Å². The van der Waals surface area contributed by atoms with Crippen LogP contribution in [0.3, 0.4) is 0 Å². The summed E-state index contributed by atoms with van der Waals surface area (Å²) in [4.78, 5) is 8.55. The maximum atomic E-state index is 9.50. The van der Waals surface area contributed by atoms with Gasteiger partial charge in [-0.15, -0.1) is 0 Å². The van der Waals surface area contributed by atoms with Crippen LogP contribution in [0.5, 0.6) is 0 Å². The zero-order valence-electron chi connectivity index (χ0n) is 11.9. The summed E-state index contributed by atoms with van der Waals surface area (Å²) in [7, 11) is 0. The quantitative estimate of drug-likeness (QED) is 0.753. The lowest BCUT2D eigenvalue weighted by molar-refractivity contribution is 0.111. The van der Waals surface area contributed by atoms with Crippen molar-refractivity contribution in [1.29, 1.82) is 0 Å². The van der Waals surface area contributed by atoms with Crippen LogP contribution < -0.4 is 10.6 Å². The van der Waals surface area contributed by atoms with Crippen LogP contribution in [0.2, 0.25) is 5.02 Å². The number of nitrogens with zero attached hydrogens (tertiary/aromatic N) is 2. The Morgan fingerprint density at radius 3 is 2.75 bits per heavy atom. The number of aromatic nitrogens is 2. The van der Waals surface area contributed by atoms with Crippen LogP contribution in [0.15, 0.2) is 6.20 Å². The molecule has 0 unspecified atom stereocenters. The molecule has 5 nitrogen and oxygen atoms in total. The van der Waals surface area contributed by atoms with Gasteiger partial charge in [0.2, 0.25) is 5.95 Å². The Morgan fingerprint density at radius 1 is 1.30 bits per heavy atom. The predicted octanol–water partition coefficient (Wildman–Crippen LogP) is 2.91. The van der Waals surface area contributed by atoms with Gasteiger partial charge >= 0.3 is 0 Å². The Morgan fingerprint density at radius 2 is 2.05 bits per heavy atom. The van der Waals surface area contributed by atoms with Gasteiger partial charge in [0, 0.05) is 13.1 Å². The van der Waals surface area contributed by atoms with Crippen LogP contribution >= 0.6 is 11.6 Å². The molecule has 0 aromatic carbocycles. The lowest BCUT2D eigenvalue weighted by atomic mass is 9.87. The van der Waals surface area contributed by atoms with Gasteiger partial charge in [-0.25, -0.2) is 4.98 Å². The average molecular weight is 299 g/mol. The van der Waals surface area contributed by atoms with Crippen LogP contribution in [0.4, 0.5) is 11.8 Å². The van der Waals surface area contributed by atoms with E-state index in [4.69, 9.17) is 11.6 Å². The average Bonchev–Trinajstić information content (AvgIpc) is 2.46. The van der Waals surface area contributed by atoms with E-state index in [1.807, 2.05) is 0 Å². The zero-order chi connectivity index (χ0) is 14.4. The second kappa shape index (κ2) is 7.64. The molecule has 0 aliphatic heterocycles. The molecule has 2 rings (SSSR count). The van der Waals surface area contributed by atoms with E-state index in [1.165, 1.54) is 0 Å². The van der Waals surface area contributed by atoms with E-state index in [9.17, 15) is 5.11 Å². The summed E-state index contributed by atoms with van der Waals surface area (Å²) in [6, 6.07) is 0. The maximum absolute atomic E-state index is 9.50. The molecule has 0 radical (unpaired) electrons. The fourth-order valence-electron chi connectivity index (χ4n) is 2.40. The largest absolute Gasteiger partial charge is 0.393 e. The van der Waals surface area contributed by atoms with Crippen molar-refractivity contribution >= 4 is 23.4 Å². The van der Waals surface area contributed by atoms with E-state index in [-0.39, 0.29) is 6.10 Å². The third-order valence-corrected chi connectivity index (χ3v) is 3.93. The van der Waals surface area contributed by atoms with E-state index in [0.717, 1.165) is 45.2 Å². The van der Waals surface area contributed by atoms with Crippen LogP contribution in [0.1, 0.15) is 39.0 Å². The number of aliphatic hydroxyl groups is 1. The van der Waals surface area contributed by atoms with Crippen molar-refractivity contribution in [3.63, 3.8) is 0 Å². The van der Waals surface area contributed by atoms with E-state index < -0.39 is 0 Å². The van der Waals surface area contributed by atoms with E-state index in [0.29, 0.717) is 22.7 Å². The third-order valence-electron chi connectivity index (χ3n) is 3.65. The van der Waals surface area contributed by atoms with Gasteiger partial charge in [-0.2, -0.15) is 4.98 Å². The van der Waals surface area contributed by atoms with Gasteiger partial charge in [-0.1, -0.05) is 18.5 Å². The zero-order valence-corrected chi connectivity index (χ0v) is 12.7. The standard InChI is InChI=1S/C14H23ClN4O/c1-2-7-16-14-18-9-12(15)13(19-14)17-8-10-3-5-11(20)6-4-10/h9-11,20H,2-8H2,1H3,(H2,16,17,18,19). The topological polar surface area (TPSA) is 70.1 Å². The Bertz CT molecular complexity index is 422. The number of hydrogen-bond acceptors (Lipinski definition) is 5. The fourth-order valence-corrected chi connectivity index (χ4v) is 2.56. The SMILES string of the molecule is CCCNc1ncc(Cl)c(NCC2CCC(O)CC2)n1. The van der Waals surface area contributed by atoms with Crippen LogP contribution in [0.25, 0.3) is 0 Å². The maximum Gasteiger partial charge on any atom is 0.224 e. The van der Waals surface area contributed by atoms with Gasteiger partial charge in [-0.3, -0.25) is 0 Å². The second-order valence-corrected chi connectivity index (χ2v) is 5.78. The van der Waals surface area contributed by atoms with Crippen molar-refractivity contribution in [2.75, 3.05) is 23.7 Å². The second-order valence-electron chi connectivity index (χ2n) is 5.37. The summed E-state index contributed by atoms with van der Waals surface area (Å²) in [5.74, 6) is 1.88. The molecule has 112 valence electrons. The smallest absolute Gasteiger partial charge is 0.224 e. The molecule has 1 aromatic rings. The lowest BCUT2D eigenvalue weighted by Crippen LogP contribution is -2.24. The Labute approximate surface area is 125 Å². The summed E-state index contributed by atoms with van der Waals surface area (Å²) < 4.78 is 0. The normalized spacial score (nSPS) is 22.6. The van der Waals surface area contributed by atoms with E-state index in [2.05, 4.69) is 27.5 Å². The first-order chi connectivity index (χ1) is 9.69. The van der Waals surface area contributed by atoms with Gasteiger partial charge in [-0.05, 0) is 38.0 Å². The summed E-state index contributed by atoms with van der Waals surface area (Å²) in [6.45, 7) is 3.79. The number of halogens is 1. The van der Waals surface area contributed by atoms with Crippen molar-refractivity contribution < 1.29 is 5.11 Å². The van der Waals surface area contributed by atoms with Crippen molar-refractivity contribution in [1.82, 2.24) is 9.97 Å². The molecule has 0 spiro atoms. The highest BCUT2D eigenvalue weighted by atomic mass is 35.5. The molecule has 0 amide bonds. The molecular formula is C14H23ClN4O. The predicted molar refractivity (Wildman–Crippen MR) is 82.3 cm³/mol. The minimum atomic E-state index is -0.112. The van der Waals surface area contributed by atoms with Gasteiger partial charge in [0.1, 0.15) is 10.8 Å². The number of aliphatic hydroxyl groups excluding tert-OH is 1. The molecule has 0 saturated heterocycles.